The zero-order chi connectivity index (χ0) is 12.1. The zero-order valence-electron chi connectivity index (χ0n) is 10.1. The van der Waals surface area contributed by atoms with E-state index in [0.717, 1.165) is 17.8 Å². The largest absolute Gasteiger partial charge is 0.310 e. The summed E-state index contributed by atoms with van der Waals surface area (Å²) in [6, 6.07) is 0. The summed E-state index contributed by atoms with van der Waals surface area (Å²) in [5.41, 5.74) is 0.194. The molecule has 0 amide bonds. The van der Waals surface area contributed by atoms with Crippen molar-refractivity contribution in [2.75, 3.05) is 12.3 Å². The van der Waals surface area contributed by atoms with Gasteiger partial charge in [0, 0.05) is 12.1 Å². The molecular weight excluding hydrogens is 238 g/mol. The van der Waals surface area contributed by atoms with E-state index in [1.807, 2.05) is 0 Å². The molecule has 4 nitrogen and oxygen atoms in total. The second kappa shape index (κ2) is 3.93. The lowest BCUT2D eigenvalue weighted by atomic mass is 9.53. The molecule has 0 aromatic heterocycles. The summed E-state index contributed by atoms with van der Waals surface area (Å²) in [4.78, 5) is 0. The molecule has 2 N–H and O–H groups in total. The predicted molar refractivity (Wildman–Crippen MR) is 65.3 cm³/mol. The van der Waals surface area contributed by atoms with Crippen molar-refractivity contribution in [1.82, 2.24) is 5.32 Å². The van der Waals surface area contributed by atoms with Gasteiger partial charge in [0.25, 0.3) is 10.1 Å². The molecule has 5 heteroatoms. The van der Waals surface area contributed by atoms with Crippen molar-refractivity contribution in [2.24, 2.45) is 17.8 Å². The molecule has 4 rings (SSSR count). The minimum Gasteiger partial charge on any atom is -0.310 e. The number of hydrogen-bond donors (Lipinski definition) is 2. The molecule has 4 aliphatic rings. The van der Waals surface area contributed by atoms with Gasteiger partial charge >= 0.3 is 0 Å². The van der Waals surface area contributed by atoms with Crippen LogP contribution in [0.5, 0.6) is 0 Å². The van der Waals surface area contributed by atoms with Gasteiger partial charge in [-0.2, -0.15) is 8.42 Å². The highest BCUT2D eigenvalue weighted by Crippen LogP contribution is 2.55. The van der Waals surface area contributed by atoms with Crippen LogP contribution in [0.1, 0.15) is 38.5 Å². The highest BCUT2D eigenvalue weighted by molar-refractivity contribution is 7.85. The van der Waals surface area contributed by atoms with E-state index in [4.69, 9.17) is 4.55 Å². The van der Waals surface area contributed by atoms with Crippen molar-refractivity contribution in [2.45, 2.75) is 44.1 Å². The number of nitrogens with one attached hydrogen (secondary N) is 1. The highest BCUT2D eigenvalue weighted by atomic mass is 32.2. The summed E-state index contributed by atoms with van der Waals surface area (Å²) >= 11 is 0. The van der Waals surface area contributed by atoms with Gasteiger partial charge in [0.2, 0.25) is 0 Å². The van der Waals surface area contributed by atoms with E-state index in [-0.39, 0.29) is 11.3 Å². The standard InChI is InChI=1S/C12H21NO3S/c14-17(15,16)2-1-13-12-6-9-3-10(7-12)5-11(4-9)8-12/h9-11,13H,1-8H2,(H,14,15,16). The lowest BCUT2D eigenvalue weighted by Crippen LogP contribution is -2.59. The van der Waals surface area contributed by atoms with Crippen LogP contribution in [0.15, 0.2) is 0 Å². The SMILES string of the molecule is O=S(=O)(O)CCNC12CC3CC(CC(C3)C1)C2. The van der Waals surface area contributed by atoms with Gasteiger partial charge in [-0.3, -0.25) is 4.55 Å². The summed E-state index contributed by atoms with van der Waals surface area (Å²) in [6.45, 7) is 0.394. The average Bonchev–Trinajstić information content (AvgIpc) is 2.11. The quantitative estimate of drug-likeness (QED) is 0.750. The summed E-state index contributed by atoms with van der Waals surface area (Å²) in [7, 11) is -3.82. The molecule has 0 heterocycles. The van der Waals surface area contributed by atoms with Gasteiger partial charge < -0.3 is 5.32 Å². The molecule has 4 saturated carbocycles. The highest BCUT2D eigenvalue weighted by Gasteiger charge is 2.50. The van der Waals surface area contributed by atoms with Gasteiger partial charge in [0.15, 0.2) is 0 Å². The fourth-order valence-electron chi connectivity index (χ4n) is 4.77. The molecule has 4 aliphatic carbocycles. The van der Waals surface area contributed by atoms with Gasteiger partial charge in [0.1, 0.15) is 0 Å². The van der Waals surface area contributed by atoms with Gasteiger partial charge in [-0.15, -0.1) is 0 Å². The van der Waals surface area contributed by atoms with E-state index in [1.165, 1.54) is 38.5 Å². The molecule has 0 atom stereocenters. The smallest absolute Gasteiger partial charge is 0.266 e. The van der Waals surface area contributed by atoms with Crippen LogP contribution in [-0.4, -0.2) is 30.8 Å². The van der Waals surface area contributed by atoms with Crippen molar-refractivity contribution in [3.8, 4) is 0 Å². The Labute approximate surface area is 103 Å². The maximum Gasteiger partial charge on any atom is 0.266 e. The van der Waals surface area contributed by atoms with Crippen molar-refractivity contribution in [1.29, 1.82) is 0 Å². The zero-order valence-corrected chi connectivity index (χ0v) is 10.9. The normalized spacial score (nSPS) is 44.2. The molecule has 17 heavy (non-hydrogen) atoms. The van der Waals surface area contributed by atoms with Gasteiger partial charge in [-0.05, 0) is 56.3 Å². The van der Waals surface area contributed by atoms with Crippen molar-refractivity contribution in [3.63, 3.8) is 0 Å². The summed E-state index contributed by atoms with van der Waals surface area (Å²) in [6.07, 6.45) is 7.80. The van der Waals surface area contributed by atoms with Crippen LogP contribution in [-0.2, 0) is 10.1 Å². The fraction of sp³-hybridized carbons (Fsp3) is 1.00. The van der Waals surface area contributed by atoms with Crippen LogP contribution < -0.4 is 5.32 Å². The minimum atomic E-state index is -3.82. The molecule has 4 bridgehead atoms. The maximum absolute atomic E-state index is 10.7. The first kappa shape index (κ1) is 11.9. The third kappa shape index (κ3) is 2.51. The molecule has 4 fully saturated rings. The second-order valence-electron chi connectivity index (χ2n) is 6.41. The molecular formula is C12H21NO3S. The molecule has 0 saturated heterocycles. The van der Waals surface area contributed by atoms with Crippen LogP contribution in [0, 0.1) is 17.8 Å². The lowest BCUT2D eigenvalue weighted by Gasteiger charge is -2.57. The van der Waals surface area contributed by atoms with Gasteiger partial charge in [-0.1, -0.05) is 0 Å². The van der Waals surface area contributed by atoms with E-state index in [1.54, 1.807) is 0 Å². The molecule has 98 valence electrons. The van der Waals surface area contributed by atoms with E-state index in [9.17, 15) is 8.42 Å². The van der Waals surface area contributed by atoms with E-state index < -0.39 is 10.1 Å². The van der Waals surface area contributed by atoms with E-state index in [0.29, 0.717) is 6.54 Å². The van der Waals surface area contributed by atoms with Crippen LogP contribution in [0.4, 0.5) is 0 Å². The Morgan fingerprint density at radius 2 is 1.53 bits per heavy atom. The van der Waals surface area contributed by atoms with Crippen LogP contribution in [0.2, 0.25) is 0 Å². The lowest BCUT2D eigenvalue weighted by molar-refractivity contribution is -0.0186. The monoisotopic (exact) mass is 259 g/mol. The van der Waals surface area contributed by atoms with Crippen LogP contribution in [0.25, 0.3) is 0 Å². The van der Waals surface area contributed by atoms with E-state index >= 15 is 0 Å². The van der Waals surface area contributed by atoms with Crippen molar-refractivity contribution >= 4 is 10.1 Å². The third-order valence-electron chi connectivity index (χ3n) is 4.90. The Morgan fingerprint density at radius 3 is 1.94 bits per heavy atom. The fourth-order valence-corrected chi connectivity index (χ4v) is 5.13. The minimum absolute atomic E-state index is 0.158. The predicted octanol–water partition coefficient (Wildman–Crippen LogP) is 1.43. The van der Waals surface area contributed by atoms with Crippen LogP contribution in [0.3, 0.4) is 0 Å². The molecule has 0 radical (unpaired) electrons. The first-order valence-electron chi connectivity index (χ1n) is 6.64. The molecule has 0 aliphatic heterocycles. The van der Waals surface area contributed by atoms with Crippen LogP contribution >= 0.6 is 0 Å². The first-order valence-corrected chi connectivity index (χ1v) is 8.25. The Hall–Kier alpha value is -0.130. The summed E-state index contributed by atoms with van der Waals surface area (Å²) in [5.74, 6) is 2.42. The maximum atomic E-state index is 10.7. The van der Waals surface area contributed by atoms with E-state index in [2.05, 4.69) is 5.32 Å². The summed E-state index contributed by atoms with van der Waals surface area (Å²) in [5, 5.41) is 3.44. The number of rotatable bonds is 4. The Balaban J connectivity index is 1.62. The summed E-state index contributed by atoms with van der Waals surface area (Å²) < 4.78 is 30.2. The molecule has 0 unspecified atom stereocenters. The van der Waals surface area contributed by atoms with Gasteiger partial charge in [0.05, 0.1) is 5.75 Å². The number of hydrogen-bond acceptors (Lipinski definition) is 3. The van der Waals surface area contributed by atoms with Gasteiger partial charge in [-0.25, -0.2) is 0 Å². The first-order chi connectivity index (χ1) is 7.94. The molecule has 0 aromatic carbocycles. The third-order valence-corrected chi connectivity index (χ3v) is 5.62. The Bertz CT molecular complexity index is 369. The Morgan fingerprint density at radius 1 is 1.06 bits per heavy atom. The Kier molecular flexibility index (Phi) is 2.76. The van der Waals surface area contributed by atoms with Crippen molar-refractivity contribution in [3.05, 3.63) is 0 Å². The topological polar surface area (TPSA) is 66.4 Å². The second-order valence-corrected chi connectivity index (χ2v) is 7.98. The average molecular weight is 259 g/mol. The molecule has 0 aromatic rings. The molecule has 0 spiro atoms. The van der Waals surface area contributed by atoms with Crippen molar-refractivity contribution < 1.29 is 13.0 Å².